The molecule has 4 aromatic carbocycles. The van der Waals surface area contributed by atoms with Gasteiger partial charge in [-0.1, -0.05) is 81.4 Å². The van der Waals surface area contributed by atoms with Gasteiger partial charge in [-0.15, -0.1) is 16.4 Å². The molecule has 1 N–H and O–H groups in total. The van der Waals surface area contributed by atoms with E-state index in [1.54, 1.807) is 36.0 Å². The molecule has 2 amide bonds. The van der Waals surface area contributed by atoms with Crippen molar-refractivity contribution in [3.05, 3.63) is 130 Å². The smallest absolute Gasteiger partial charge is 0.319 e. The van der Waals surface area contributed by atoms with Crippen molar-refractivity contribution in [2.24, 2.45) is 11.8 Å². The van der Waals surface area contributed by atoms with Crippen molar-refractivity contribution in [1.29, 1.82) is 5.26 Å². The standard InChI is InChI=1S/C48H54FN9O4S.C15H12F3NO/c1-7-33-21-28(4)24-57(33)46-37-23-51-41(35-14-15-38(49)45-40(35)36(22-50)30(6)63-45)44(42(37)52-48(53-46)62-34-16-19-60-20-17-34)61-26-31-10-12-32(13-11-31)39-25-58(55-54-39)43(27(2)3)47(59)56-18-8-9-29(56)5;1-9(19-8-20)10-2-4-11(5-3-10)14-12(16)6-7-13(17)15(14)18/h10-15,23,25,27-29,33-34,43H,7-9,16-21,24,26H2,1-6H3;2-9H,1H3,(H,19,20). The molecule has 4 aromatic heterocycles. The lowest BCUT2D eigenvalue weighted by Gasteiger charge is -2.28. The Balaban J connectivity index is 0.000000325. The van der Waals surface area contributed by atoms with Crippen LogP contribution in [-0.4, -0.2) is 91.7 Å². The lowest BCUT2D eigenvalue weighted by atomic mass is 10.0. The largest absolute Gasteiger partial charge is 0.484 e. The number of nitriles is 1. The van der Waals surface area contributed by atoms with Gasteiger partial charge >= 0.3 is 6.01 Å². The highest BCUT2D eigenvalue weighted by Gasteiger charge is 2.36. The van der Waals surface area contributed by atoms with Crippen molar-refractivity contribution in [2.75, 3.05) is 31.2 Å². The molecule has 3 aliphatic rings. The number of hydrogen-bond acceptors (Lipinski definition) is 13. The summed E-state index contributed by atoms with van der Waals surface area (Å²) in [6.07, 6.45) is 9.57. The van der Waals surface area contributed by atoms with Crippen LogP contribution in [0.2, 0.25) is 0 Å². The monoisotopic (exact) mass is 1150 g/mol. The average molecular weight is 1150 g/mol. The van der Waals surface area contributed by atoms with Gasteiger partial charge in [-0.3, -0.25) is 14.6 Å². The van der Waals surface area contributed by atoms with Crippen LogP contribution in [0.25, 0.3) is 54.6 Å². The van der Waals surface area contributed by atoms with Crippen LogP contribution in [0.15, 0.2) is 85.2 Å². The third-order valence-electron chi connectivity index (χ3n) is 16.0. The number of nitrogens with zero attached hydrogens (tertiary/aromatic N) is 9. The molecule has 3 fully saturated rings. The summed E-state index contributed by atoms with van der Waals surface area (Å²) in [7, 11) is 0. The molecule has 3 aliphatic heterocycles. The fourth-order valence-electron chi connectivity index (χ4n) is 11.5. The number of carbonyl (C=O) groups excluding carboxylic acids is 2. The van der Waals surface area contributed by atoms with Crippen molar-refractivity contribution < 1.29 is 41.4 Å². The number of ether oxygens (including phenoxy) is 3. The molecule has 83 heavy (non-hydrogen) atoms. The van der Waals surface area contributed by atoms with E-state index < -0.39 is 34.9 Å². The fraction of sp³-hybridized carbons (Fsp3) is 0.397. The number of halogens is 4. The number of carbonyl (C=O) groups is 2. The molecule has 0 radical (unpaired) electrons. The van der Waals surface area contributed by atoms with Gasteiger partial charge in [0.2, 0.25) is 12.3 Å². The summed E-state index contributed by atoms with van der Waals surface area (Å²) < 4.78 is 77.1. The van der Waals surface area contributed by atoms with Gasteiger partial charge in [0.1, 0.15) is 59.2 Å². The highest BCUT2D eigenvalue weighted by atomic mass is 32.1. The van der Waals surface area contributed by atoms with Gasteiger partial charge in [0.15, 0.2) is 17.4 Å². The molecule has 0 saturated carbocycles. The molecule has 0 bridgehead atoms. The topological polar surface area (TPSA) is 174 Å². The van der Waals surface area contributed by atoms with Crippen molar-refractivity contribution >= 4 is 50.5 Å². The Morgan fingerprint density at radius 2 is 1.66 bits per heavy atom. The lowest BCUT2D eigenvalue weighted by molar-refractivity contribution is -0.137. The summed E-state index contributed by atoms with van der Waals surface area (Å²) in [4.78, 5) is 44.3. The fourth-order valence-corrected chi connectivity index (χ4v) is 12.6. The number of aromatic nitrogens is 6. The van der Waals surface area contributed by atoms with E-state index in [1.807, 2.05) is 56.1 Å². The summed E-state index contributed by atoms with van der Waals surface area (Å²) in [5, 5.41) is 23.0. The number of likely N-dealkylation sites (tertiary alicyclic amines) is 1. The molecule has 0 spiro atoms. The predicted molar refractivity (Wildman–Crippen MR) is 311 cm³/mol. The summed E-state index contributed by atoms with van der Waals surface area (Å²) >= 11 is 1.25. The Bertz CT molecular complexity index is 3700. The maximum atomic E-state index is 15.5. The first-order valence-electron chi connectivity index (χ1n) is 28.3. The Morgan fingerprint density at radius 1 is 0.940 bits per heavy atom. The SMILES string of the molecule is CC(NC=O)c1ccc(-c2c(F)ccc(F)c2F)cc1.CCC1CC(C)CN1c1nc(OC2CCOCC2)nc2c(OCc3ccc(-c4cn(C(C(=O)N5CCCC5C)C(C)C)nn4)cc3)c(-c3ccc(F)c4sc(C)c(C#N)c34)ncc12. The van der Waals surface area contributed by atoms with E-state index in [9.17, 15) is 28.0 Å². The highest BCUT2D eigenvalue weighted by molar-refractivity contribution is 7.19. The van der Waals surface area contributed by atoms with Crippen LogP contribution in [0.4, 0.5) is 23.4 Å². The van der Waals surface area contributed by atoms with Crippen LogP contribution < -0.4 is 19.7 Å². The normalized spacial score (nSPS) is 18.0. The Kier molecular flexibility index (Phi) is 17.7. The number of nitrogens with one attached hydrogen (secondary N) is 1. The second-order valence-corrected chi connectivity index (χ2v) is 23.3. The quantitative estimate of drug-likeness (QED) is 0.0552. The number of thiophene rings is 1. The van der Waals surface area contributed by atoms with Gasteiger partial charge in [-0.2, -0.15) is 15.2 Å². The zero-order chi connectivity index (χ0) is 58.6. The minimum absolute atomic E-state index is 0.0342. The van der Waals surface area contributed by atoms with E-state index in [0.29, 0.717) is 69.4 Å². The van der Waals surface area contributed by atoms with Gasteiger partial charge in [0.05, 0.1) is 46.7 Å². The van der Waals surface area contributed by atoms with Crippen molar-refractivity contribution in [2.45, 2.75) is 124 Å². The second-order valence-electron chi connectivity index (χ2n) is 22.1. The first kappa shape index (κ1) is 58.2. The van der Waals surface area contributed by atoms with Gasteiger partial charge in [0.25, 0.3) is 0 Å². The lowest BCUT2D eigenvalue weighted by Crippen LogP contribution is -2.41. The molecule has 3 saturated heterocycles. The second kappa shape index (κ2) is 25.2. The Morgan fingerprint density at radius 3 is 2.35 bits per heavy atom. The number of anilines is 1. The average Bonchev–Trinajstić information content (AvgIpc) is 3.22. The van der Waals surface area contributed by atoms with Crippen molar-refractivity contribution in [3.8, 4) is 51.5 Å². The molecule has 20 heteroatoms. The maximum absolute atomic E-state index is 15.5. The maximum Gasteiger partial charge on any atom is 0.319 e. The van der Waals surface area contributed by atoms with Gasteiger partial charge < -0.3 is 29.3 Å². The minimum Gasteiger partial charge on any atom is -0.484 e. The van der Waals surface area contributed by atoms with Crippen LogP contribution in [-0.2, 0) is 20.9 Å². The van der Waals surface area contributed by atoms with E-state index in [1.165, 1.54) is 29.5 Å². The number of fused-ring (bicyclic) bond motifs is 2. The molecule has 15 nitrogen and oxygen atoms in total. The van der Waals surface area contributed by atoms with Crippen LogP contribution in [0, 0.1) is 53.4 Å². The zero-order valence-electron chi connectivity index (χ0n) is 47.5. The van der Waals surface area contributed by atoms with E-state index >= 15 is 4.39 Å². The highest BCUT2D eigenvalue weighted by Crippen LogP contribution is 2.46. The zero-order valence-corrected chi connectivity index (χ0v) is 48.3. The Labute approximate surface area is 483 Å². The summed E-state index contributed by atoms with van der Waals surface area (Å²) in [5.41, 5.74) is 4.95. The first-order valence-corrected chi connectivity index (χ1v) is 29.1. The van der Waals surface area contributed by atoms with Crippen LogP contribution in [0.5, 0.6) is 11.8 Å². The van der Waals surface area contributed by atoms with E-state index in [2.05, 4.69) is 47.4 Å². The van der Waals surface area contributed by atoms with E-state index in [0.717, 1.165) is 96.5 Å². The summed E-state index contributed by atoms with van der Waals surface area (Å²) in [5.74, 6) is -1.82. The molecule has 8 aromatic rings. The van der Waals surface area contributed by atoms with Gasteiger partial charge in [-0.25, -0.2) is 22.2 Å². The van der Waals surface area contributed by atoms with Crippen molar-refractivity contribution in [1.82, 2.24) is 40.2 Å². The van der Waals surface area contributed by atoms with Crippen LogP contribution in [0.1, 0.15) is 114 Å². The Hall–Kier alpha value is -8.02. The summed E-state index contributed by atoms with van der Waals surface area (Å²) in [6.45, 7) is 17.2. The molecule has 5 atom stereocenters. The third-order valence-corrected chi connectivity index (χ3v) is 17.1. The van der Waals surface area contributed by atoms with E-state index in [4.69, 9.17) is 29.2 Å². The van der Waals surface area contributed by atoms with Gasteiger partial charge in [0, 0.05) is 65.6 Å². The summed E-state index contributed by atoms with van der Waals surface area (Å²) in [6, 6.07) is 21.3. The van der Waals surface area contributed by atoms with Crippen LogP contribution in [0.3, 0.4) is 0 Å². The number of rotatable bonds is 16. The molecular weight excluding hydrogens is 1080 g/mol. The third kappa shape index (κ3) is 12.1. The number of benzene rings is 4. The first-order chi connectivity index (χ1) is 40.1. The molecule has 0 aliphatic carbocycles. The number of amides is 2. The predicted octanol–water partition coefficient (Wildman–Crippen LogP) is 13.0. The number of aryl methyl sites for hydroxylation is 1. The van der Waals surface area contributed by atoms with Gasteiger partial charge in [-0.05, 0) is 99.2 Å². The molecule has 432 valence electrons. The number of hydrogen-bond donors (Lipinski definition) is 1. The molecular formula is C63H66F4N10O5S. The number of pyridine rings is 1. The van der Waals surface area contributed by atoms with E-state index in [-0.39, 0.29) is 54.2 Å². The minimum atomic E-state index is -1.21. The van der Waals surface area contributed by atoms with Crippen LogP contribution >= 0.6 is 11.3 Å². The molecule has 5 unspecified atom stereocenters. The molecule has 7 heterocycles. The molecule has 11 rings (SSSR count). The van der Waals surface area contributed by atoms with Crippen molar-refractivity contribution in [3.63, 3.8) is 0 Å².